The number of fused-ring (bicyclic) bond motifs is 1. The number of carbonyl (C=O) groups excluding carboxylic acids is 1. The highest BCUT2D eigenvalue weighted by Crippen LogP contribution is 2.69. The molecule has 0 aliphatic heterocycles. The molecule has 0 unspecified atom stereocenters. The number of rotatable bonds is 7. The molecule has 0 amide bonds. The van der Waals surface area contributed by atoms with Crippen LogP contribution in [0.5, 0.6) is 5.75 Å². The van der Waals surface area contributed by atoms with Gasteiger partial charge in [-0.3, -0.25) is 4.57 Å². The summed E-state index contributed by atoms with van der Waals surface area (Å²) in [7, 11) is -4.83. The summed E-state index contributed by atoms with van der Waals surface area (Å²) in [5.74, 6) is -1.09. The van der Waals surface area contributed by atoms with E-state index in [0.717, 1.165) is 6.07 Å². The van der Waals surface area contributed by atoms with Crippen LogP contribution in [0.2, 0.25) is 0 Å². The molecule has 0 aliphatic rings. The highest BCUT2D eigenvalue weighted by atomic mass is 79.9. The van der Waals surface area contributed by atoms with Crippen molar-refractivity contribution in [3.05, 3.63) is 27.0 Å². The van der Waals surface area contributed by atoms with Crippen molar-refractivity contribution in [1.29, 1.82) is 0 Å². The number of phenols is 1. The number of aromatic hydroxyl groups is 1. The van der Waals surface area contributed by atoms with Crippen LogP contribution in [0.15, 0.2) is 16.6 Å². The van der Waals surface area contributed by atoms with E-state index in [1.54, 1.807) is 20.8 Å². The van der Waals surface area contributed by atoms with Crippen molar-refractivity contribution in [1.82, 2.24) is 0 Å². The lowest BCUT2D eigenvalue weighted by Crippen LogP contribution is -2.23. The third-order valence-electron chi connectivity index (χ3n) is 3.56. The molecule has 1 aromatic heterocycles. The summed E-state index contributed by atoms with van der Waals surface area (Å²) in [6.07, 6.45) is 0. The van der Waals surface area contributed by atoms with Crippen molar-refractivity contribution in [2.75, 3.05) is 13.2 Å². The van der Waals surface area contributed by atoms with E-state index in [1.807, 2.05) is 0 Å². The van der Waals surface area contributed by atoms with E-state index in [1.165, 1.54) is 19.9 Å². The minimum absolute atomic E-state index is 0.00362. The van der Waals surface area contributed by atoms with Crippen molar-refractivity contribution in [3.8, 4) is 5.75 Å². The van der Waals surface area contributed by atoms with E-state index in [-0.39, 0.29) is 39.1 Å². The number of esters is 1. The van der Waals surface area contributed by atoms with Gasteiger partial charge in [0.05, 0.1) is 23.5 Å². The summed E-state index contributed by atoms with van der Waals surface area (Å²) in [5, 5.41) is 10.5. The Kier molecular flexibility index (Phi) is 7.17. The predicted octanol–water partition coefficient (Wildman–Crippen LogP) is 6.64. The molecule has 0 atom stereocenters. The number of phenolic OH excluding ortho intramolecular Hbond substituents is 1. The molecule has 0 bridgehead atoms. The van der Waals surface area contributed by atoms with Crippen LogP contribution in [0.3, 0.4) is 0 Å². The molecular formula is C18H22BrF2O6PS. The van der Waals surface area contributed by atoms with Gasteiger partial charge in [0.15, 0.2) is 0 Å². The predicted molar refractivity (Wildman–Crippen MR) is 111 cm³/mol. The van der Waals surface area contributed by atoms with Crippen molar-refractivity contribution >= 4 is 50.9 Å². The summed E-state index contributed by atoms with van der Waals surface area (Å²) >= 11 is 3.63. The van der Waals surface area contributed by atoms with Gasteiger partial charge in [-0.05, 0) is 62.7 Å². The van der Waals surface area contributed by atoms with Crippen LogP contribution in [-0.2, 0) is 24.0 Å². The Morgan fingerprint density at radius 3 is 2.24 bits per heavy atom. The van der Waals surface area contributed by atoms with E-state index in [2.05, 4.69) is 15.9 Å². The molecule has 0 saturated heterocycles. The van der Waals surface area contributed by atoms with Gasteiger partial charge in [-0.2, -0.15) is 8.78 Å². The molecule has 162 valence electrons. The lowest BCUT2D eigenvalue weighted by molar-refractivity contribution is 0.00692. The minimum Gasteiger partial charge on any atom is -0.506 e. The molecule has 2 rings (SSSR count). The molecule has 0 saturated carbocycles. The SMILES string of the molecule is CCOP(=O)(OCC)C(F)(F)c1sc2c(O)cc(C(=O)OC(C)(C)C)cc2c1Br. The Morgan fingerprint density at radius 1 is 1.21 bits per heavy atom. The van der Waals surface area contributed by atoms with Crippen LogP contribution in [0.4, 0.5) is 8.78 Å². The first-order valence-corrected chi connectivity index (χ1v) is 11.9. The molecule has 0 radical (unpaired) electrons. The Bertz CT molecular complexity index is 959. The van der Waals surface area contributed by atoms with E-state index < -0.39 is 29.7 Å². The summed E-state index contributed by atoms with van der Waals surface area (Å²) in [4.78, 5) is 11.7. The van der Waals surface area contributed by atoms with Crippen molar-refractivity contribution in [3.63, 3.8) is 0 Å². The zero-order chi connectivity index (χ0) is 22.2. The molecular weight excluding hydrogens is 493 g/mol. The Morgan fingerprint density at radius 2 is 1.76 bits per heavy atom. The number of thiophene rings is 1. The summed E-state index contributed by atoms with van der Waals surface area (Å²) < 4.78 is 58.0. The van der Waals surface area contributed by atoms with Gasteiger partial charge in [0.2, 0.25) is 0 Å². The number of alkyl halides is 2. The minimum atomic E-state index is -4.83. The maximum atomic E-state index is 15.2. The first-order chi connectivity index (χ1) is 13.3. The van der Waals surface area contributed by atoms with Gasteiger partial charge in [0.25, 0.3) is 0 Å². The van der Waals surface area contributed by atoms with Gasteiger partial charge in [-0.15, -0.1) is 11.3 Å². The molecule has 0 fully saturated rings. The Labute approximate surface area is 179 Å². The number of ether oxygens (including phenoxy) is 1. The third-order valence-corrected chi connectivity index (χ3v) is 8.20. The lowest BCUT2D eigenvalue weighted by atomic mass is 10.1. The average molecular weight is 515 g/mol. The molecule has 2 aromatic rings. The van der Waals surface area contributed by atoms with Gasteiger partial charge >= 0.3 is 19.2 Å². The molecule has 6 nitrogen and oxygen atoms in total. The average Bonchev–Trinajstić information content (AvgIpc) is 2.92. The number of hydrogen-bond donors (Lipinski definition) is 1. The van der Waals surface area contributed by atoms with Crippen LogP contribution < -0.4 is 0 Å². The normalized spacial score (nSPS) is 13.1. The second kappa shape index (κ2) is 8.59. The molecule has 29 heavy (non-hydrogen) atoms. The fraction of sp³-hybridized carbons (Fsp3) is 0.500. The topological polar surface area (TPSA) is 82.1 Å². The molecule has 1 N–H and O–H groups in total. The smallest absolute Gasteiger partial charge is 0.405 e. The second-order valence-electron chi connectivity index (χ2n) is 6.99. The third kappa shape index (κ3) is 4.82. The number of hydrogen-bond acceptors (Lipinski definition) is 7. The summed E-state index contributed by atoms with van der Waals surface area (Å²) in [6.45, 7) is 7.44. The van der Waals surface area contributed by atoms with E-state index in [0.29, 0.717) is 11.3 Å². The van der Waals surface area contributed by atoms with E-state index in [4.69, 9.17) is 13.8 Å². The quantitative estimate of drug-likeness (QED) is 0.329. The van der Waals surface area contributed by atoms with Gasteiger partial charge in [0.1, 0.15) is 16.2 Å². The van der Waals surface area contributed by atoms with Crippen molar-refractivity contribution < 1.29 is 37.0 Å². The van der Waals surface area contributed by atoms with Gasteiger partial charge in [0, 0.05) is 9.86 Å². The Balaban J connectivity index is 2.63. The summed E-state index contributed by atoms with van der Waals surface area (Å²) in [5.41, 5.74) is -4.75. The maximum Gasteiger partial charge on any atom is 0.405 e. The fourth-order valence-corrected chi connectivity index (χ4v) is 6.43. The van der Waals surface area contributed by atoms with E-state index >= 15 is 8.78 Å². The van der Waals surface area contributed by atoms with Gasteiger partial charge < -0.3 is 18.9 Å². The van der Waals surface area contributed by atoms with Crippen LogP contribution in [0.1, 0.15) is 49.9 Å². The van der Waals surface area contributed by atoms with Crippen LogP contribution in [0, 0.1) is 0 Å². The molecule has 1 aromatic carbocycles. The second-order valence-corrected chi connectivity index (χ2v) is 10.9. The van der Waals surface area contributed by atoms with Crippen LogP contribution in [0.25, 0.3) is 10.1 Å². The standard InChI is InChI=1S/C18H22BrF2O6PS/c1-6-25-28(24,26-7-2)18(20,21)15-13(19)11-8-10(9-12(22)14(11)29-15)16(23)27-17(3,4)5/h8-9,22H,6-7H2,1-5H3. The maximum absolute atomic E-state index is 15.2. The number of carbonyl (C=O) groups is 1. The number of benzene rings is 1. The Hall–Kier alpha value is -1.06. The first-order valence-electron chi connectivity index (χ1n) is 8.73. The molecule has 11 heteroatoms. The zero-order valence-corrected chi connectivity index (χ0v) is 19.8. The molecule has 1 heterocycles. The monoisotopic (exact) mass is 514 g/mol. The summed E-state index contributed by atoms with van der Waals surface area (Å²) in [6, 6.07) is 2.47. The largest absolute Gasteiger partial charge is 0.506 e. The van der Waals surface area contributed by atoms with Crippen LogP contribution >= 0.6 is 34.9 Å². The van der Waals surface area contributed by atoms with Gasteiger partial charge in [-0.25, -0.2) is 4.79 Å². The van der Waals surface area contributed by atoms with Crippen molar-refractivity contribution in [2.45, 2.75) is 45.9 Å². The molecule has 0 spiro atoms. The van der Waals surface area contributed by atoms with Crippen molar-refractivity contribution in [2.24, 2.45) is 0 Å². The highest BCUT2D eigenvalue weighted by molar-refractivity contribution is 9.10. The zero-order valence-electron chi connectivity index (χ0n) is 16.5. The van der Waals surface area contributed by atoms with Gasteiger partial charge in [-0.1, -0.05) is 0 Å². The molecule has 0 aliphatic carbocycles. The first kappa shape index (κ1) is 24.2. The van der Waals surface area contributed by atoms with Crippen LogP contribution in [-0.4, -0.2) is 29.9 Å². The van der Waals surface area contributed by atoms with E-state index in [9.17, 15) is 14.5 Å². The fourth-order valence-electron chi connectivity index (χ4n) is 2.47. The lowest BCUT2D eigenvalue weighted by Gasteiger charge is -2.25. The highest BCUT2D eigenvalue weighted by Gasteiger charge is 2.57. The number of halogens is 3.